The van der Waals surface area contributed by atoms with Gasteiger partial charge < -0.3 is 10.4 Å². The lowest BCUT2D eigenvalue weighted by Crippen LogP contribution is -2.15. The largest absolute Gasteiger partial charge is 0.321 e. The number of pyridine rings is 1. The topological polar surface area (TPSA) is 56.7 Å². The van der Waals surface area contributed by atoms with Crippen LogP contribution in [0.2, 0.25) is 5.02 Å². The normalized spacial score (nSPS) is 10.5. The lowest BCUT2D eigenvalue weighted by molar-refractivity contribution is 1.27. The Bertz CT molecular complexity index is 601. The van der Waals surface area contributed by atoms with E-state index < -0.39 is 0 Å². The Morgan fingerprint density at radius 2 is 2.13 bits per heavy atom. The van der Waals surface area contributed by atoms with E-state index in [1.165, 1.54) is 0 Å². The summed E-state index contributed by atoms with van der Waals surface area (Å²) in [5, 5.41) is 8.90. The maximum absolute atomic E-state index is 11.5. The van der Waals surface area contributed by atoms with Gasteiger partial charge in [0.2, 0.25) is 0 Å². The number of aromatic nitrogens is 1. The summed E-state index contributed by atoms with van der Waals surface area (Å²) in [6.45, 7) is 1.58. The summed E-state index contributed by atoms with van der Waals surface area (Å²) in [7, 11) is 0. The molecule has 0 spiro atoms. The number of benzene rings is 1. The van der Waals surface area contributed by atoms with E-state index >= 15 is 0 Å². The number of hydrogen-bond acceptors (Lipinski definition) is 2. The molecule has 0 saturated heterocycles. The number of halogens is 1. The minimum absolute atomic E-state index is 0.239. The smallest absolute Gasteiger partial charge is 0.257 e. The van der Waals surface area contributed by atoms with E-state index in [0.29, 0.717) is 10.6 Å². The highest BCUT2D eigenvalue weighted by molar-refractivity contribution is 6.31. The second-order valence-corrected chi connectivity index (χ2v) is 3.81. The van der Waals surface area contributed by atoms with Gasteiger partial charge in [-0.2, -0.15) is 0 Å². The van der Waals surface area contributed by atoms with Gasteiger partial charge in [-0.05, 0) is 31.2 Å². The van der Waals surface area contributed by atoms with Crippen molar-refractivity contribution in [3.05, 3.63) is 45.2 Å². The molecule has 4 heteroatoms. The number of fused-ring (bicyclic) bond motifs is 1. The number of hydrogen-bond donors (Lipinski definition) is 2. The molecule has 76 valence electrons. The van der Waals surface area contributed by atoms with E-state index in [1.54, 1.807) is 31.2 Å². The molecule has 0 aliphatic heterocycles. The fourth-order valence-corrected chi connectivity index (χ4v) is 1.64. The van der Waals surface area contributed by atoms with Crippen LogP contribution in [-0.4, -0.2) is 10.7 Å². The number of rotatable bonds is 1. The van der Waals surface area contributed by atoms with Gasteiger partial charge in [-0.1, -0.05) is 11.6 Å². The predicted octanol–water partition coefficient (Wildman–Crippen LogP) is 2.57. The van der Waals surface area contributed by atoms with Gasteiger partial charge in [-0.3, -0.25) is 4.79 Å². The fourth-order valence-electron chi connectivity index (χ4n) is 1.46. The van der Waals surface area contributed by atoms with Crippen LogP contribution in [0.1, 0.15) is 12.5 Å². The summed E-state index contributed by atoms with van der Waals surface area (Å²) in [6, 6.07) is 6.92. The molecule has 1 aromatic carbocycles. The van der Waals surface area contributed by atoms with Crippen LogP contribution in [0.5, 0.6) is 0 Å². The molecule has 1 aromatic heterocycles. The van der Waals surface area contributed by atoms with Crippen molar-refractivity contribution >= 4 is 28.2 Å². The molecule has 0 bridgehead atoms. The molecule has 0 aliphatic carbocycles. The summed E-state index contributed by atoms with van der Waals surface area (Å²) in [6.07, 6.45) is 0. The molecular weight excluding hydrogens is 212 g/mol. The van der Waals surface area contributed by atoms with Gasteiger partial charge in [0.1, 0.15) is 0 Å². The molecule has 1 heterocycles. The highest BCUT2D eigenvalue weighted by atomic mass is 35.5. The van der Waals surface area contributed by atoms with Crippen molar-refractivity contribution in [2.75, 3.05) is 0 Å². The van der Waals surface area contributed by atoms with Gasteiger partial charge >= 0.3 is 0 Å². The first-order chi connectivity index (χ1) is 7.08. The van der Waals surface area contributed by atoms with Gasteiger partial charge in [-0.15, -0.1) is 0 Å². The van der Waals surface area contributed by atoms with E-state index in [4.69, 9.17) is 17.0 Å². The van der Waals surface area contributed by atoms with Gasteiger partial charge in [0.05, 0.1) is 5.56 Å². The maximum atomic E-state index is 11.5. The Morgan fingerprint density at radius 3 is 2.80 bits per heavy atom. The van der Waals surface area contributed by atoms with Crippen molar-refractivity contribution < 1.29 is 0 Å². The quantitative estimate of drug-likeness (QED) is 0.713. The third-order valence-corrected chi connectivity index (χ3v) is 2.45. The van der Waals surface area contributed by atoms with E-state index in [0.717, 1.165) is 10.9 Å². The molecular formula is C11H9ClN2O. The summed E-state index contributed by atoms with van der Waals surface area (Å²) in [5.74, 6) is 0. The van der Waals surface area contributed by atoms with Crippen molar-refractivity contribution in [2.45, 2.75) is 6.92 Å². The molecule has 0 atom stereocenters. The molecule has 2 rings (SSSR count). The van der Waals surface area contributed by atoms with Crippen LogP contribution in [0.3, 0.4) is 0 Å². The zero-order chi connectivity index (χ0) is 11.0. The van der Waals surface area contributed by atoms with Gasteiger partial charge in [0.15, 0.2) is 0 Å². The van der Waals surface area contributed by atoms with E-state index in [9.17, 15) is 4.79 Å². The Balaban J connectivity index is 2.83. The standard InChI is InChI=1S/C11H9ClN2O/c1-6(13)9-5-7-4-8(12)2-3-10(7)14-11(9)15/h2-5,13H,1H3,(H,14,15). The van der Waals surface area contributed by atoms with E-state index in [2.05, 4.69) is 4.98 Å². The van der Waals surface area contributed by atoms with Crippen LogP contribution in [0.15, 0.2) is 29.1 Å². The Morgan fingerprint density at radius 1 is 1.40 bits per heavy atom. The van der Waals surface area contributed by atoms with E-state index in [1.807, 2.05) is 0 Å². The zero-order valence-electron chi connectivity index (χ0n) is 8.10. The van der Waals surface area contributed by atoms with Gasteiger partial charge in [-0.25, -0.2) is 0 Å². The van der Waals surface area contributed by atoms with Crippen LogP contribution in [0.25, 0.3) is 10.9 Å². The van der Waals surface area contributed by atoms with Crippen molar-refractivity contribution in [1.82, 2.24) is 4.98 Å². The maximum Gasteiger partial charge on any atom is 0.257 e. The molecule has 15 heavy (non-hydrogen) atoms. The fraction of sp³-hybridized carbons (Fsp3) is 0.0909. The second-order valence-electron chi connectivity index (χ2n) is 3.37. The molecule has 0 radical (unpaired) electrons. The molecule has 0 saturated carbocycles. The SMILES string of the molecule is CC(=N)c1cc2cc(Cl)ccc2[nH]c1=O. The van der Waals surface area contributed by atoms with Crippen LogP contribution < -0.4 is 5.56 Å². The third kappa shape index (κ3) is 1.78. The van der Waals surface area contributed by atoms with Crippen LogP contribution in [0.4, 0.5) is 0 Å². The minimum Gasteiger partial charge on any atom is -0.321 e. The third-order valence-electron chi connectivity index (χ3n) is 2.21. The molecule has 0 amide bonds. The monoisotopic (exact) mass is 220 g/mol. The molecule has 2 N–H and O–H groups in total. The Hall–Kier alpha value is -1.61. The highest BCUT2D eigenvalue weighted by Crippen LogP contribution is 2.17. The first-order valence-electron chi connectivity index (χ1n) is 4.46. The average molecular weight is 221 g/mol. The van der Waals surface area contributed by atoms with Crippen LogP contribution >= 0.6 is 11.6 Å². The molecule has 0 fully saturated rings. The molecule has 3 nitrogen and oxygen atoms in total. The first-order valence-corrected chi connectivity index (χ1v) is 4.84. The predicted molar refractivity (Wildman–Crippen MR) is 62.1 cm³/mol. The molecule has 0 aliphatic rings. The second kappa shape index (κ2) is 3.51. The number of H-pyrrole nitrogens is 1. The number of nitrogens with one attached hydrogen (secondary N) is 2. The number of aromatic amines is 1. The van der Waals surface area contributed by atoms with Gasteiger partial charge in [0.25, 0.3) is 5.56 Å². The van der Waals surface area contributed by atoms with Crippen molar-refractivity contribution in [3.63, 3.8) is 0 Å². The lowest BCUT2D eigenvalue weighted by Gasteiger charge is -2.01. The minimum atomic E-state index is -0.239. The van der Waals surface area contributed by atoms with E-state index in [-0.39, 0.29) is 11.3 Å². The lowest BCUT2D eigenvalue weighted by atomic mass is 10.1. The summed E-state index contributed by atoms with van der Waals surface area (Å²) >= 11 is 5.84. The first kappa shape index (κ1) is 9.93. The molecule has 0 unspecified atom stereocenters. The van der Waals surface area contributed by atoms with Crippen molar-refractivity contribution in [2.24, 2.45) is 0 Å². The van der Waals surface area contributed by atoms with Crippen LogP contribution in [0, 0.1) is 5.41 Å². The van der Waals surface area contributed by atoms with Crippen molar-refractivity contribution in [1.29, 1.82) is 5.41 Å². The average Bonchev–Trinajstić information content (AvgIpc) is 2.17. The van der Waals surface area contributed by atoms with Crippen molar-refractivity contribution in [3.8, 4) is 0 Å². The summed E-state index contributed by atoms with van der Waals surface area (Å²) in [5.41, 5.74) is 1.12. The van der Waals surface area contributed by atoms with Crippen LogP contribution in [-0.2, 0) is 0 Å². The van der Waals surface area contributed by atoms with Gasteiger partial charge in [0, 0.05) is 21.6 Å². The summed E-state index contributed by atoms with van der Waals surface area (Å²) < 4.78 is 0. The summed E-state index contributed by atoms with van der Waals surface area (Å²) in [4.78, 5) is 14.2. The molecule has 2 aromatic rings. The Kier molecular flexibility index (Phi) is 2.32. The Labute approximate surface area is 91.2 Å². The zero-order valence-corrected chi connectivity index (χ0v) is 8.85. The highest BCUT2D eigenvalue weighted by Gasteiger charge is 2.04.